The van der Waals surface area contributed by atoms with Crippen molar-refractivity contribution in [2.75, 3.05) is 13.2 Å². The van der Waals surface area contributed by atoms with Crippen LogP contribution in [0.15, 0.2) is 36.4 Å². The standard InChI is InChI=1S/C27H34O12/c1-14(29)22-18(31)11-17(12-19(22)36-9-8-27(2,3)35)37-26-24(34)23(33)25(20(13-28)38-26)39-21(32)10-15-4-6-16(30)7-5-15/h4-7,11-12,20,23-26,28,30-31,33-35H,8-10,13H2,1-3H3. The van der Waals surface area contributed by atoms with Crippen molar-refractivity contribution in [2.45, 2.75) is 69.9 Å². The lowest BCUT2D eigenvalue weighted by Gasteiger charge is -2.41. The Morgan fingerprint density at radius 2 is 1.72 bits per heavy atom. The second-order valence-corrected chi connectivity index (χ2v) is 9.90. The maximum atomic E-state index is 12.4. The van der Waals surface area contributed by atoms with Crippen molar-refractivity contribution in [3.8, 4) is 23.0 Å². The van der Waals surface area contributed by atoms with Gasteiger partial charge in [-0.1, -0.05) is 12.1 Å². The predicted octanol–water partition coefficient (Wildman–Crippen LogP) is 0.812. The van der Waals surface area contributed by atoms with E-state index in [4.69, 9.17) is 18.9 Å². The Labute approximate surface area is 224 Å². The summed E-state index contributed by atoms with van der Waals surface area (Å²) in [6.45, 7) is 3.72. The summed E-state index contributed by atoms with van der Waals surface area (Å²) < 4.78 is 22.1. The van der Waals surface area contributed by atoms with Gasteiger partial charge in [-0.25, -0.2) is 0 Å². The average Bonchev–Trinajstić information content (AvgIpc) is 2.84. The molecule has 1 aliphatic rings. The van der Waals surface area contributed by atoms with Crippen LogP contribution >= 0.6 is 0 Å². The molecule has 0 aromatic heterocycles. The van der Waals surface area contributed by atoms with Crippen LogP contribution in [0.4, 0.5) is 0 Å². The number of aromatic hydroxyl groups is 2. The van der Waals surface area contributed by atoms with E-state index in [0.29, 0.717) is 5.56 Å². The van der Waals surface area contributed by atoms with Crippen LogP contribution in [0.1, 0.15) is 43.1 Å². The second kappa shape index (κ2) is 12.6. The Hall–Kier alpha value is -3.42. The topological polar surface area (TPSA) is 192 Å². The zero-order chi connectivity index (χ0) is 28.9. The number of aliphatic hydroxyl groups excluding tert-OH is 3. The molecule has 0 saturated carbocycles. The maximum Gasteiger partial charge on any atom is 0.310 e. The van der Waals surface area contributed by atoms with Gasteiger partial charge in [-0.05, 0) is 38.5 Å². The third kappa shape index (κ3) is 8.04. The van der Waals surface area contributed by atoms with Gasteiger partial charge in [-0.2, -0.15) is 0 Å². The van der Waals surface area contributed by atoms with E-state index in [1.54, 1.807) is 13.8 Å². The number of esters is 1. The summed E-state index contributed by atoms with van der Waals surface area (Å²) in [4.78, 5) is 24.5. The number of benzene rings is 2. The van der Waals surface area contributed by atoms with Crippen molar-refractivity contribution in [2.24, 2.45) is 0 Å². The molecule has 2 aromatic rings. The van der Waals surface area contributed by atoms with E-state index in [-0.39, 0.29) is 42.3 Å². The summed E-state index contributed by atoms with van der Waals surface area (Å²) in [5.74, 6) is -1.83. The Kier molecular flexibility index (Phi) is 9.75. The van der Waals surface area contributed by atoms with Gasteiger partial charge in [0.2, 0.25) is 6.29 Å². The summed E-state index contributed by atoms with van der Waals surface area (Å²) in [6.07, 6.45) is -7.69. The van der Waals surface area contributed by atoms with Gasteiger partial charge < -0.3 is 49.6 Å². The Morgan fingerprint density at radius 1 is 1.05 bits per heavy atom. The van der Waals surface area contributed by atoms with Crippen LogP contribution in [-0.4, -0.2) is 91.9 Å². The minimum Gasteiger partial charge on any atom is -0.508 e. The largest absolute Gasteiger partial charge is 0.508 e. The molecule has 39 heavy (non-hydrogen) atoms. The van der Waals surface area contributed by atoms with Crippen molar-refractivity contribution in [1.82, 2.24) is 0 Å². The highest BCUT2D eigenvalue weighted by Gasteiger charge is 2.47. The molecule has 3 rings (SSSR count). The molecule has 12 heteroatoms. The monoisotopic (exact) mass is 550 g/mol. The van der Waals surface area contributed by atoms with Gasteiger partial charge in [0.25, 0.3) is 0 Å². The van der Waals surface area contributed by atoms with Crippen LogP contribution in [0.3, 0.4) is 0 Å². The second-order valence-electron chi connectivity index (χ2n) is 9.90. The van der Waals surface area contributed by atoms with Crippen LogP contribution in [0.2, 0.25) is 0 Å². The molecule has 0 aliphatic carbocycles. The first-order chi connectivity index (χ1) is 18.3. The van der Waals surface area contributed by atoms with Gasteiger partial charge in [-0.3, -0.25) is 9.59 Å². The fraction of sp³-hybridized carbons (Fsp3) is 0.481. The number of rotatable bonds is 11. The number of Topliss-reactive ketones (excluding diaryl/α,β-unsaturated/α-hetero) is 1. The normalized spacial score (nSPS) is 23.2. The lowest BCUT2D eigenvalue weighted by Crippen LogP contribution is -2.61. The zero-order valence-corrected chi connectivity index (χ0v) is 21.8. The first-order valence-electron chi connectivity index (χ1n) is 12.3. The molecule has 1 aliphatic heterocycles. The number of hydrogen-bond acceptors (Lipinski definition) is 12. The SMILES string of the molecule is CC(=O)c1c(O)cc(OC2OC(CO)C(OC(=O)Cc3ccc(O)cc3)C(O)C2O)cc1OCCC(C)(C)O. The predicted molar refractivity (Wildman–Crippen MR) is 135 cm³/mol. The summed E-state index contributed by atoms with van der Waals surface area (Å²) in [5.41, 5.74) is -0.621. The summed E-state index contributed by atoms with van der Waals surface area (Å²) >= 11 is 0. The van der Waals surface area contributed by atoms with E-state index in [2.05, 4.69) is 0 Å². The third-order valence-corrected chi connectivity index (χ3v) is 6.00. The average molecular weight is 551 g/mol. The van der Waals surface area contributed by atoms with Crippen LogP contribution in [0, 0.1) is 0 Å². The molecule has 0 amide bonds. The van der Waals surface area contributed by atoms with E-state index in [9.17, 15) is 40.2 Å². The highest BCUT2D eigenvalue weighted by molar-refractivity contribution is 5.99. The molecule has 0 radical (unpaired) electrons. The highest BCUT2D eigenvalue weighted by Crippen LogP contribution is 2.36. The van der Waals surface area contributed by atoms with Crippen LogP contribution in [0.25, 0.3) is 0 Å². The quantitative estimate of drug-likeness (QED) is 0.171. The number of carbonyl (C=O) groups excluding carboxylic acids is 2. The number of ketones is 1. The van der Waals surface area contributed by atoms with Crippen LogP contribution in [0.5, 0.6) is 23.0 Å². The fourth-order valence-electron chi connectivity index (χ4n) is 3.93. The van der Waals surface area contributed by atoms with Crippen molar-refractivity contribution in [3.05, 3.63) is 47.5 Å². The van der Waals surface area contributed by atoms with Crippen LogP contribution in [-0.2, 0) is 20.7 Å². The summed E-state index contributed by atoms with van der Waals surface area (Å²) in [5, 5.41) is 60.9. The molecule has 1 fully saturated rings. The molecule has 5 atom stereocenters. The molecule has 5 unspecified atom stereocenters. The Bertz CT molecular complexity index is 1140. The van der Waals surface area contributed by atoms with E-state index in [0.717, 1.165) is 6.07 Å². The maximum absolute atomic E-state index is 12.4. The van der Waals surface area contributed by atoms with Crippen molar-refractivity contribution < 1.29 is 59.2 Å². The lowest BCUT2D eigenvalue weighted by molar-refractivity contribution is -0.281. The van der Waals surface area contributed by atoms with Crippen molar-refractivity contribution in [1.29, 1.82) is 0 Å². The van der Waals surface area contributed by atoms with Gasteiger partial charge in [0.15, 0.2) is 11.9 Å². The lowest BCUT2D eigenvalue weighted by atomic mass is 9.98. The molecule has 1 saturated heterocycles. The number of phenolic OH excluding ortho intramolecular Hbond substituents is 2. The van der Waals surface area contributed by atoms with E-state index in [1.807, 2.05) is 0 Å². The highest BCUT2D eigenvalue weighted by atomic mass is 16.7. The summed E-state index contributed by atoms with van der Waals surface area (Å²) in [7, 11) is 0. The number of ether oxygens (including phenoxy) is 4. The Morgan fingerprint density at radius 3 is 2.31 bits per heavy atom. The fourth-order valence-corrected chi connectivity index (χ4v) is 3.93. The number of carbonyl (C=O) groups is 2. The molecule has 12 nitrogen and oxygen atoms in total. The van der Waals surface area contributed by atoms with Crippen molar-refractivity contribution in [3.63, 3.8) is 0 Å². The van der Waals surface area contributed by atoms with Crippen LogP contribution < -0.4 is 9.47 Å². The third-order valence-electron chi connectivity index (χ3n) is 6.00. The molecule has 1 heterocycles. The number of phenols is 2. The van der Waals surface area contributed by atoms with Gasteiger partial charge in [0, 0.05) is 18.6 Å². The number of hydrogen-bond donors (Lipinski definition) is 6. The molecule has 214 valence electrons. The molecule has 6 N–H and O–H groups in total. The smallest absolute Gasteiger partial charge is 0.310 e. The van der Waals surface area contributed by atoms with Gasteiger partial charge >= 0.3 is 5.97 Å². The minimum absolute atomic E-state index is 0.0116. The van der Waals surface area contributed by atoms with Gasteiger partial charge in [0.1, 0.15) is 46.9 Å². The van der Waals surface area contributed by atoms with E-state index in [1.165, 1.54) is 37.3 Å². The molecular formula is C27H34O12. The molecule has 2 aromatic carbocycles. The zero-order valence-electron chi connectivity index (χ0n) is 21.8. The van der Waals surface area contributed by atoms with Gasteiger partial charge in [-0.15, -0.1) is 0 Å². The van der Waals surface area contributed by atoms with Gasteiger partial charge in [0.05, 0.1) is 25.2 Å². The molecule has 0 bridgehead atoms. The van der Waals surface area contributed by atoms with Crippen molar-refractivity contribution >= 4 is 11.8 Å². The Balaban J connectivity index is 1.73. The first kappa shape index (κ1) is 30.1. The summed E-state index contributed by atoms with van der Waals surface area (Å²) in [6, 6.07) is 8.20. The molecule has 0 spiro atoms. The molecular weight excluding hydrogens is 516 g/mol. The van der Waals surface area contributed by atoms with E-state index >= 15 is 0 Å². The number of aliphatic hydroxyl groups is 4. The first-order valence-corrected chi connectivity index (χ1v) is 12.3. The minimum atomic E-state index is -1.74. The van der Waals surface area contributed by atoms with E-state index < -0.39 is 60.4 Å².